The molecule has 0 radical (unpaired) electrons. The van der Waals surface area contributed by atoms with E-state index in [4.69, 9.17) is 9.84 Å². The number of ether oxygens (including phenoxy) is 1. The van der Waals surface area contributed by atoms with Gasteiger partial charge in [0, 0.05) is 29.1 Å². The molecule has 0 aliphatic carbocycles. The maximum atomic E-state index is 11.6. The van der Waals surface area contributed by atoms with Crippen LogP contribution in [0.25, 0.3) is 0 Å². The highest BCUT2D eigenvalue weighted by Crippen LogP contribution is 2.32. The highest BCUT2D eigenvalue weighted by Gasteiger charge is 2.17. The molecule has 1 aromatic carbocycles. The molecule has 0 amide bonds. The number of rotatable bonds is 5. The number of hydrogen-bond donors (Lipinski definition) is 3. The van der Waals surface area contributed by atoms with E-state index in [1.54, 1.807) is 23.9 Å². The normalized spacial score (nSPS) is 13.0. The van der Waals surface area contributed by atoms with Crippen LogP contribution in [0.5, 0.6) is 5.75 Å². The summed E-state index contributed by atoms with van der Waals surface area (Å²) in [6.07, 6.45) is 1.19. The van der Waals surface area contributed by atoms with Crippen LogP contribution < -0.4 is 9.88 Å². The zero-order valence-corrected chi connectivity index (χ0v) is 12.6. The Balaban J connectivity index is 0.000000956. The Bertz CT molecular complexity index is 479. The van der Waals surface area contributed by atoms with Crippen molar-refractivity contribution >= 4 is 36.3 Å². The first-order chi connectivity index (χ1) is 9.66. The first-order valence-corrected chi connectivity index (χ1v) is 7.57. The van der Waals surface area contributed by atoms with Crippen LogP contribution in [0.4, 0.5) is 0 Å². The number of carbonyl (C=O) groups excluding carboxylic acids is 1. The molecule has 0 spiro atoms. The minimum absolute atomic E-state index is 0.109. The molecule has 1 heterocycles. The summed E-state index contributed by atoms with van der Waals surface area (Å²) in [4.78, 5) is 22.9. The number of fused-ring (bicyclic) bond motifs is 1. The van der Waals surface area contributed by atoms with Crippen LogP contribution in [-0.2, 0) is 4.79 Å². The van der Waals surface area contributed by atoms with E-state index in [9.17, 15) is 9.59 Å². The lowest BCUT2D eigenvalue weighted by atomic mass is 10.1. The highest BCUT2D eigenvalue weighted by molar-refractivity contribution is 7.99. The third-order valence-corrected chi connectivity index (χ3v) is 3.70. The molecule has 0 unspecified atom stereocenters. The first-order valence-electron chi connectivity index (χ1n) is 6.07. The maximum absolute atomic E-state index is 11.6. The van der Waals surface area contributed by atoms with Crippen molar-refractivity contribution in [3.05, 3.63) is 23.8 Å². The van der Waals surface area contributed by atoms with E-state index in [1.165, 1.54) is 0 Å². The number of ketones is 1. The van der Waals surface area contributed by atoms with Crippen LogP contribution in [-0.4, -0.2) is 29.2 Å². The van der Waals surface area contributed by atoms with Crippen LogP contribution in [0.3, 0.4) is 0 Å². The first kappa shape index (κ1) is 16.9. The van der Waals surface area contributed by atoms with Gasteiger partial charge in [0.25, 0.3) is 0 Å². The van der Waals surface area contributed by atoms with Gasteiger partial charge in [-0.2, -0.15) is 0 Å². The number of hydrogen-bond acceptors (Lipinski definition) is 6. The number of aliphatic carboxylic acids is 1. The van der Waals surface area contributed by atoms with E-state index in [0.717, 1.165) is 16.2 Å². The summed E-state index contributed by atoms with van der Waals surface area (Å²) in [6, 6.07) is 5.41. The summed E-state index contributed by atoms with van der Waals surface area (Å²) >= 11 is 4.68. The van der Waals surface area contributed by atoms with Gasteiger partial charge in [-0.05, 0) is 24.6 Å². The molecule has 0 fully saturated rings. The summed E-state index contributed by atoms with van der Waals surface area (Å²) in [6.45, 7) is 0.379. The quantitative estimate of drug-likeness (QED) is 0.571. The van der Waals surface area contributed by atoms with Gasteiger partial charge in [0.05, 0.1) is 6.61 Å². The summed E-state index contributed by atoms with van der Waals surface area (Å²) in [5.41, 5.74) is 0.768. The smallest absolute Gasteiger partial charge is 0.303 e. The minimum Gasteiger partial charge on any atom is -0.494 e. The molecule has 2 rings (SSSR count). The lowest BCUT2D eigenvalue weighted by molar-refractivity contribution is -0.137. The average molecular weight is 315 g/mol. The fraction of sp³-hybridized carbons (Fsp3) is 0.385. The van der Waals surface area contributed by atoms with Crippen molar-refractivity contribution in [1.82, 2.24) is 0 Å². The Labute approximate surface area is 127 Å². The third-order valence-electron chi connectivity index (χ3n) is 2.64. The number of thioether (sulfide) groups is 1. The Kier molecular flexibility index (Phi) is 7.50. The predicted molar refractivity (Wildman–Crippen MR) is 81.7 cm³/mol. The molecule has 0 saturated carbocycles. The Morgan fingerprint density at radius 3 is 2.90 bits per heavy atom. The number of carbonyl (C=O) groups is 2. The minimum atomic E-state index is -0.815. The van der Waals surface area contributed by atoms with Gasteiger partial charge >= 0.3 is 5.97 Å². The van der Waals surface area contributed by atoms with Crippen molar-refractivity contribution in [2.75, 3.05) is 12.4 Å². The molecule has 0 saturated heterocycles. The highest BCUT2D eigenvalue weighted by atomic mass is 32.2. The number of benzene rings is 1. The number of carboxylic acid groups (broad SMARTS) is 1. The van der Waals surface area contributed by atoms with E-state index >= 15 is 0 Å². The average Bonchev–Trinajstić information content (AvgIpc) is 2.46. The molecule has 1 aliphatic rings. The molecule has 0 bridgehead atoms. The SMILES string of the molecule is NS.O=C(O)CCCOc1ccc2c(c1)SCCC2=O. The van der Waals surface area contributed by atoms with E-state index < -0.39 is 5.97 Å². The zero-order chi connectivity index (χ0) is 15.0. The van der Waals surface area contributed by atoms with Crippen molar-refractivity contribution in [2.24, 2.45) is 5.14 Å². The van der Waals surface area contributed by atoms with Crippen LogP contribution in [0, 0.1) is 0 Å². The molecular weight excluding hydrogens is 298 g/mol. The Hall–Kier alpha value is -1.18. The number of carboxylic acids is 1. The molecule has 1 aromatic rings. The van der Waals surface area contributed by atoms with E-state index in [1.807, 2.05) is 6.07 Å². The lowest BCUT2D eigenvalue weighted by Gasteiger charge is -2.15. The summed E-state index contributed by atoms with van der Waals surface area (Å²) in [5.74, 6) is 0.876. The Morgan fingerprint density at radius 2 is 2.20 bits per heavy atom. The van der Waals surface area contributed by atoms with Crippen LogP contribution in [0.2, 0.25) is 0 Å². The second-order valence-corrected chi connectivity index (χ2v) is 5.16. The zero-order valence-electron chi connectivity index (χ0n) is 10.9. The van der Waals surface area contributed by atoms with Gasteiger partial charge in [0.1, 0.15) is 5.75 Å². The standard InChI is InChI=1S/C13H14O4S.H3NS/c14-11-5-7-18-12-8-9(3-4-10(11)12)17-6-1-2-13(15)16;1-2/h3-4,8H,1-2,5-7H2,(H,15,16);2H,1H2. The second-order valence-electron chi connectivity index (χ2n) is 4.03. The van der Waals surface area contributed by atoms with Crippen LogP contribution in [0.15, 0.2) is 23.1 Å². The summed E-state index contributed by atoms with van der Waals surface area (Å²) in [7, 11) is 0. The number of Topliss-reactive ketones (excluding diaryl/α,β-unsaturated/α-hetero) is 1. The molecule has 7 heteroatoms. The molecule has 20 heavy (non-hydrogen) atoms. The molecule has 0 aromatic heterocycles. The molecule has 0 atom stereocenters. The largest absolute Gasteiger partial charge is 0.494 e. The molecule has 3 N–H and O–H groups in total. The fourth-order valence-corrected chi connectivity index (χ4v) is 2.79. The van der Waals surface area contributed by atoms with Crippen molar-refractivity contribution in [2.45, 2.75) is 24.2 Å². The topological polar surface area (TPSA) is 89.6 Å². The van der Waals surface area contributed by atoms with Crippen LogP contribution >= 0.6 is 24.6 Å². The van der Waals surface area contributed by atoms with Gasteiger partial charge in [0.15, 0.2) is 5.78 Å². The van der Waals surface area contributed by atoms with Gasteiger partial charge in [-0.25, -0.2) is 0 Å². The summed E-state index contributed by atoms with van der Waals surface area (Å²) < 4.78 is 5.47. The van der Waals surface area contributed by atoms with E-state index in [-0.39, 0.29) is 12.2 Å². The van der Waals surface area contributed by atoms with Gasteiger partial charge in [-0.15, -0.1) is 24.6 Å². The maximum Gasteiger partial charge on any atom is 0.303 e. The van der Waals surface area contributed by atoms with Crippen molar-refractivity contribution in [3.8, 4) is 5.75 Å². The monoisotopic (exact) mass is 315 g/mol. The second kappa shape index (κ2) is 8.89. The Morgan fingerprint density at radius 1 is 1.45 bits per heavy atom. The van der Waals surface area contributed by atoms with Gasteiger partial charge < -0.3 is 9.84 Å². The van der Waals surface area contributed by atoms with Crippen molar-refractivity contribution in [1.29, 1.82) is 0 Å². The van der Waals surface area contributed by atoms with Gasteiger partial charge in [-0.1, -0.05) is 0 Å². The van der Waals surface area contributed by atoms with Crippen LogP contribution in [0.1, 0.15) is 29.6 Å². The van der Waals surface area contributed by atoms with Gasteiger partial charge in [0.2, 0.25) is 0 Å². The molecule has 1 aliphatic heterocycles. The molecular formula is C13H17NO4S2. The van der Waals surface area contributed by atoms with Gasteiger partial charge in [-0.3, -0.25) is 14.7 Å². The molecule has 110 valence electrons. The molecule has 5 nitrogen and oxygen atoms in total. The third kappa shape index (κ3) is 5.07. The number of thiol groups is 1. The fourth-order valence-electron chi connectivity index (χ4n) is 1.74. The van der Waals surface area contributed by atoms with Crippen molar-refractivity contribution in [3.63, 3.8) is 0 Å². The lowest BCUT2D eigenvalue weighted by Crippen LogP contribution is -2.08. The van der Waals surface area contributed by atoms with Crippen molar-refractivity contribution < 1.29 is 19.4 Å². The van der Waals surface area contributed by atoms with E-state index in [2.05, 4.69) is 18.0 Å². The number of nitrogens with two attached hydrogens (primary N) is 1. The summed E-state index contributed by atoms with van der Waals surface area (Å²) in [5, 5.41) is 12.7. The predicted octanol–water partition coefficient (Wildman–Crippen LogP) is 2.40. The van der Waals surface area contributed by atoms with E-state index in [0.29, 0.717) is 25.2 Å².